The number of carbonyl (C=O) groups is 4. The van der Waals surface area contributed by atoms with E-state index in [0.717, 1.165) is 6.07 Å². The van der Waals surface area contributed by atoms with E-state index >= 15 is 0 Å². The van der Waals surface area contributed by atoms with E-state index in [1.165, 1.54) is 42.5 Å². The molecular formula is C20H18N2O8. The van der Waals surface area contributed by atoms with Gasteiger partial charge in [-0.3, -0.25) is 24.5 Å². The van der Waals surface area contributed by atoms with Crippen LogP contribution in [0.3, 0.4) is 0 Å². The fourth-order valence-electron chi connectivity index (χ4n) is 2.40. The number of Topliss-reactive ketones (excluding diaryl/α,β-unsaturated/α-hetero) is 1. The maximum atomic E-state index is 12.1. The second-order valence-corrected chi connectivity index (χ2v) is 6.18. The first-order valence-corrected chi connectivity index (χ1v) is 8.83. The average molecular weight is 414 g/mol. The van der Waals surface area contributed by atoms with Gasteiger partial charge in [0.05, 0.1) is 10.5 Å². The molecule has 0 aromatic heterocycles. The highest BCUT2D eigenvalue weighted by molar-refractivity contribution is 6.00. The van der Waals surface area contributed by atoms with Crippen LogP contribution in [0.5, 0.6) is 0 Å². The number of nitro groups is 1. The van der Waals surface area contributed by atoms with Gasteiger partial charge in [0.1, 0.15) is 0 Å². The van der Waals surface area contributed by atoms with Crippen molar-refractivity contribution in [2.45, 2.75) is 19.3 Å². The summed E-state index contributed by atoms with van der Waals surface area (Å²) in [5.74, 6) is -2.69. The number of carboxylic acids is 1. The number of esters is 1. The fraction of sp³-hybridized carbons (Fsp3) is 0.200. The van der Waals surface area contributed by atoms with Crippen LogP contribution in [-0.2, 0) is 14.3 Å². The molecule has 0 atom stereocenters. The van der Waals surface area contributed by atoms with E-state index in [1.54, 1.807) is 0 Å². The van der Waals surface area contributed by atoms with Crippen LogP contribution in [0.1, 0.15) is 40.0 Å². The van der Waals surface area contributed by atoms with Crippen molar-refractivity contribution in [1.82, 2.24) is 0 Å². The summed E-state index contributed by atoms with van der Waals surface area (Å²) >= 11 is 0. The number of ketones is 1. The summed E-state index contributed by atoms with van der Waals surface area (Å²) in [6, 6.07) is 10.8. The molecule has 10 nitrogen and oxygen atoms in total. The number of anilines is 1. The molecule has 0 unspecified atom stereocenters. The summed E-state index contributed by atoms with van der Waals surface area (Å²) in [5.41, 5.74) is 0.371. The zero-order valence-electron chi connectivity index (χ0n) is 15.7. The van der Waals surface area contributed by atoms with Crippen molar-refractivity contribution in [1.29, 1.82) is 0 Å². The number of non-ortho nitro benzene ring substituents is 1. The van der Waals surface area contributed by atoms with Gasteiger partial charge in [0.15, 0.2) is 6.61 Å². The molecule has 10 heteroatoms. The van der Waals surface area contributed by atoms with Crippen molar-refractivity contribution in [3.8, 4) is 0 Å². The van der Waals surface area contributed by atoms with Crippen LogP contribution >= 0.6 is 0 Å². The Bertz CT molecular complexity index is 969. The highest BCUT2D eigenvalue weighted by Gasteiger charge is 2.15. The minimum Gasteiger partial charge on any atom is -0.481 e. The van der Waals surface area contributed by atoms with Crippen LogP contribution < -0.4 is 5.32 Å². The Labute approximate surface area is 170 Å². The van der Waals surface area contributed by atoms with Gasteiger partial charge in [0.2, 0.25) is 11.7 Å². The Kier molecular flexibility index (Phi) is 7.74. The number of nitrogens with one attached hydrogen (secondary N) is 1. The molecule has 0 aliphatic carbocycles. The summed E-state index contributed by atoms with van der Waals surface area (Å²) in [5, 5.41) is 21.9. The highest BCUT2D eigenvalue weighted by Crippen LogP contribution is 2.15. The SMILES string of the molecule is O=C(O)CCCC(=O)Nc1ccc(C(=O)OCC(=O)c2cccc([N+](=O)[O-])c2)cc1. The number of aliphatic carboxylic acids is 1. The van der Waals surface area contributed by atoms with Gasteiger partial charge < -0.3 is 15.2 Å². The van der Waals surface area contributed by atoms with Gasteiger partial charge in [-0.2, -0.15) is 0 Å². The van der Waals surface area contributed by atoms with Crippen molar-refractivity contribution in [3.63, 3.8) is 0 Å². The van der Waals surface area contributed by atoms with E-state index in [4.69, 9.17) is 9.84 Å². The third kappa shape index (κ3) is 6.82. The first-order chi connectivity index (χ1) is 14.3. The second kappa shape index (κ2) is 10.5. The largest absolute Gasteiger partial charge is 0.481 e. The Balaban J connectivity index is 1.86. The van der Waals surface area contributed by atoms with E-state index in [9.17, 15) is 29.3 Å². The molecule has 156 valence electrons. The van der Waals surface area contributed by atoms with E-state index in [1.807, 2.05) is 0 Å². The van der Waals surface area contributed by atoms with Gasteiger partial charge in [0.25, 0.3) is 5.69 Å². The molecule has 0 heterocycles. The van der Waals surface area contributed by atoms with E-state index < -0.39 is 29.3 Å². The fourth-order valence-corrected chi connectivity index (χ4v) is 2.40. The summed E-state index contributed by atoms with van der Waals surface area (Å²) in [6.07, 6.45) is 0.160. The number of carbonyl (C=O) groups excluding carboxylic acids is 3. The van der Waals surface area contributed by atoms with Crippen LogP contribution in [0.4, 0.5) is 11.4 Å². The Hall–Kier alpha value is -4.08. The normalized spacial score (nSPS) is 10.1. The first kappa shape index (κ1) is 22.2. The lowest BCUT2D eigenvalue weighted by Gasteiger charge is -2.07. The van der Waals surface area contributed by atoms with Crippen LogP contribution in [0.15, 0.2) is 48.5 Å². The molecule has 30 heavy (non-hydrogen) atoms. The Morgan fingerprint density at radius 3 is 2.33 bits per heavy atom. The topological polar surface area (TPSA) is 153 Å². The number of carboxylic acid groups (broad SMARTS) is 1. The highest BCUT2D eigenvalue weighted by atomic mass is 16.6. The Morgan fingerprint density at radius 2 is 1.70 bits per heavy atom. The number of hydrogen-bond donors (Lipinski definition) is 2. The number of ether oxygens (including phenoxy) is 1. The molecule has 0 spiro atoms. The quantitative estimate of drug-likeness (QED) is 0.260. The molecule has 2 aromatic carbocycles. The number of nitro benzene ring substituents is 1. The smallest absolute Gasteiger partial charge is 0.338 e. The summed E-state index contributed by atoms with van der Waals surface area (Å²) in [4.78, 5) is 56.4. The molecule has 0 fully saturated rings. The monoisotopic (exact) mass is 414 g/mol. The van der Waals surface area contributed by atoms with Gasteiger partial charge in [-0.05, 0) is 30.7 Å². The summed E-state index contributed by atoms with van der Waals surface area (Å²) < 4.78 is 4.94. The Morgan fingerprint density at radius 1 is 1.00 bits per heavy atom. The second-order valence-electron chi connectivity index (χ2n) is 6.18. The van der Waals surface area contributed by atoms with Crippen LogP contribution in [-0.4, -0.2) is 40.3 Å². The minimum absolute atomic E-state index is 0.0514. The third-order valence-electron chi connectivity index (χ3n) is 3.91. The van der Waals surface area contributed by atoms with Crippen molar-refractivity contribution < 1.29 is 33.9 Å². The number of amides is 1. The predicted molar refractivity (Wildman–Crippen MR) is 104 cm³/mol. The lowest BCUT2D eigenvalue weighted by molar-refractivity contribution is -0.384. The van der Waals surface area contributed by atoms with E-state index in [-0.39, 0.29) is 42.0 Å². The zero-order chi connectivity index (χ0) is 22.1. The number of hydrogen-bond acceptors (Lipinski definition) is 7. The third-order valence-corrected chi connectivity index (χ3v) is 3.91. The van der Waals surface area contributed by atoms with Gasteiger partial charge in [0, 0.05) is 36.2 Å². The van der Waals surface area contributed by atoms with E-state index in [2.05, 4.69) is 5.32 Å². The first-order valence-electron chi connectivity index (χ1n) is 8.83. The molecule has 0 aliphatic rings. The molecule has 0 radical (unpaired) electrons. The standard InChI is InChI=1S/C20H18N2O8/c23-17(14-3-1-4-16(11-14)22(28)29)12-30-20(27)13-7-9-15(10-8-13)21-18(24)5-2-6-19(25)26/h1,3-4,7-11H,2,5-6,12H2,(H,21,24)(H,25,26). The summed E-state index contributed by atoms with van der Waals surface area (Å²) in [6.45, 7) is -0.581. The molecule has 2 aromatic rings. The molecular weight excluding hydrogens is 396 g/mol. The molecule has 0 saturated heterocycles. The van der Waals surface area contributed by atoms with Crippen molar-refractivity contribution in [2.75, 3.05) is 11.9 Å². The molecule has 2 N–H and O–H groups in total. The lowest BCUT2D eigenvalue weighted by atomic mass is 10.1. The lowest BCUT2D eigenvalue weighted by Crippen LogP contribution is -2.15. The van der Waals surface area contributed by atoms with Crippen molar-refractivity contribution in [2.24, 2.45) is 0 Å². The number of benzene rings is 2. The van der Waals surface area contributed by atoms with Gasteiger partial charge in [-0.15, -0.1) is 0 Å². The molecule has 2 rings (SSSR count). The molecule has 0 bridgehead atoms. The number of nitrogens with zero attached hydrogens (tertiary/aromatic N) is 1. The van der Waals surface area contributed by atoms with Crippen LogP contribution in [0.25, 0.3) is 0 Å². The van der Waals surface area contributed by atoms with Crippen LogP contribution in [0.2, 0.25) is 0 Å². The zero-order valence-corrected chi connectivity index (χ0v) is 15.7. The van der Waals surface area contributed by atoms with Gasteiger partial charge in [-0.25, -0.2) is 4.79 Å². The minimum atomic E-state index is -0.977. The van der Waals surface area contributed by atoms with Crippen LogP contribution in [0, 0.1) is 10.1 Å². The predicted octanol–water partition coefficient (Wildman–Crippen LogP) is 2.83. The van der Waals surface area contributed by atoms with Crippen molar-refractivity contribution in [3.05, 3.63) is 69.8 Å². The molecule has 0 saturated carbocycles. The van der Waals surface area contributed by atoms with Gasteiger partial charge in [-0.1, -0.05) is 12.1 Å². The van der Waals surface area contributed by atoms with E-state index in [0.29, 0.717) is 5.69 Å². The molecule has 0 aliphatic heterocycles. The van der Waals surface area contributed by atoms with Crippen molar-refractivity contribution >= 4 is 35.0 Å². The number of rotatable bonds is 10. The molecule has 1 amide bonds. The maximum absolute atomic E-state index is 12.1. The summed E-state index contributed by atoms with van der Waals surface area (Å²) in [7, 11) is 0. The maximum Gasteiger partial charge on any atom is 0.338 e. The average Bonchev–Trinajstić information content (AvgIpc) is 2.72. The van der Waals surface area contributed by atoms with Gasteiger partial charge >= 0.3 is 11.9 Å².